The van der Waals surface area contributed by atoms with E-state index < -0.39 is 5.97 Å². The Bertz CT molecular complexity index is 710. The van der Waals surface area contributed by atoms with E-state index >= 15 is 0 Å². The molecule has 2 heterocycles. The third kappa shape index (κ3) is 4.87. The van der Waals surface area contributed by atoms with Gasteiger partial charge < -0.3 is 19.3 Å². The number of rotatable bonds is 7. The van der Waals surface area contributed by atoms with Gasteiger partial charge in [0.2, 0.25) is 0 Å². The van der Waals surface area contributed by atoms with Gasteiger partial charge in [-0.25, -0.2) is 0 Å². The van der Waals surface area contributed by atoms with Crippen molar-refractivity contribution in [1.29, 1.82) is 0 Å². The second-order valence-electron chi connectivity index (χ2n) is 9.47. The number of benzene rings is 1. The molecule has 29 heavy (non-hydrogen) atoms. The first kappa shape index (κ1) is 22.3. The fraction of sp³-hybridized carbons (Fsp3) is 0.696. The van der Waals surface area contributed by atoms with Crippen LogP contribution in [0.25, 0.3) is 0 Å². The molecule has 0 saturated carbocycles. The monoisotopic (exact) mass is 401 g/mol. The molecule has 2 aliphatic heterocycles. The van der Waals surface area contributed by atoms with Crippen molar-refractivity contribution in [2.45, 2.75) is 83.8 Å². The first-order valence-corrected chi connectivity index (χ1v) is 11.1. The average molecular weight is 401 g/mol. The Morgan fingerprint density at radius 1 is 1.17 bits per heavy atom. The first-order valence-electron chi connectivity index (χ1n) is 11.1. The lowest BCUT2D eigenvalue weighted by atomic mass is 9.71. The summed E-state index contributed by atoms with van der Waals surface area (Å²) in [5.41, 5.74) is 3.31. The number of carbonyl (C=O) groups is 1. The van der Waals surface area contributed by atoms with Crippen LogP contribution in [0, 0.1) is 0 Å². The normalized spacial score (nSPS) is 22.2. The molecule has 160 valence electrons. The molecular weight excluding hydrogens is 365 g/mol. The van der Waals surface area contributed by atoms with Gasteiger partial charge >= 0.3 is 13.1 Å². The largest absolute Gasteiger partial charge is 0.495 e. The zero-order valence-corrected chi connectivity index (χ0v) is 18.7. The summed E-state index contributed by atoms with van der Waals surface area (Å²) in [7, 11) is -0.314. The Hall–Kier alpha value is -1.37. The van der Waals surface area contributed by atoms with Crippen molar-refractivity contribution in [1.82, 2.24) is 4.90 Å². The van der Waals surface area contributed by atoms with Crippen LogP contribution in [0.2, 0.25) is 0 Å². The molecule has 0 amide bonds. The summed E-state index contributed by atoms with van der Waals surface area (Å²) >= 11 is 0. The Labute approximate surface area is 175 Å². The van der Waals surface area contributed by atoms with Gasteiger partial charge in [0, 0.05) is 6.42 Å². The summed E-state index contributed by atoms with van der Waals surface area (Å²) in [6.07, 6.45) is 4.20. The van der Waals surface area contributed by atoms with Crippen molar-refractivity contribution in [2.75, 3.05) is 19.6 Å². The highest BCUT2D eigenvalue weighted by atomic mass is 16.7. The third-order valence-electron chi connectivity index (χ3n) is 7.00. The van der Waals surface area contributed by atoms with Crippen LogP contribution < -0.4 is 5.46 Å². The van der Waals surface area contributed by atoms with Crippen LogP contribution in [0.3, 0.4) is 0 Å². The van der Waals surface area contributed by atoms with E-state index in [4.69, 9.17) is 14.4 Å². The van der Waals surface area contributed by atoms with Crippen LogP contribution in [-0.4, -0.2) is 53.9 Å². The van der Waals surface area contributed by atoms with Crippen molar-refractivity contribution in [3.05, 3.63) is 29.3 Å². The first-order chi connectivity index (χ1) is 13.6. The molecule has 0 radical (unpaired) electrons. The molecule has 6 heteroatoms. The van der Waals surface area contributed by atoms with Gasteiger partial charge in [-0.3, -0.25) is 4.79 Å². The predicted molar refractivity (Wildman–Crippen MR) is 117 cm³/mol. The molecule has 1 aromatic carbocycles. The van der Waals surface area contributed by atoms with E-state index in [1.54, 1.807) is 0 Å². The second kappa shape index (κ2) is 8.79. The molecule has 5 nitrogen and oxygen atoms in total. The Balaban J connectivity index is 1.70. The fourth-order valence-corrected chi connectivity index (χ4v) is 4.53. The lowest BCUT2D eigenvalue weighted by Gasteiger charge is -2.33. The van der Waals surface area contributed by atoms with Crippen LogP contribution in [0.5, 0.6) is 0 Å². The maximum Gasteiger partial charge on any atom is 0.495 e. The Morgan fingerprint density at radius 2 is 1.79 bits per heavy atom. The minimum atomic E-state index is -0.702. The molecule has 3 rings (SSSR count). The van der Waals surface area contributed by atoms with Crippen LogP contribution in [0.4, 0.5) is 0 Å². The van der Waals surface area contributed by atoms with E-state index in [-0.39, 0.29) is 24.7 Å². The number of nitrogens with zero attached hydrogens (tertiary/aromatic N) is 1. The highest BCUT2D eigenvalue weighted by molar-refractivity contribution is 6.62. The number of aliphatic carboxylic acids is 1. The molecule has 0 spiro atoms. The van der Waals surface area contributed by atoms with Gasteiger partial charge in [0.15, 0.2) is 0 Å². The Kier molecular flexibility index (Phi) is 6.76. The van der Waals surface area contributed by atoms with E-state index in [0.717, 1.165) is 45.3 Å². The molecule has 2 saturated heterocycles. The SMILES string of the molecule is CCc1c(B2OC(C)(C)C(C)(C)O2)cccc1C1CCN(CCCC(=O)O)CC1. The minimum Gasteiger partial charge on any atom is -0.481 e. The zero-order chi connectivity index (χ0) is 21.2. The molecule has 1 N–H and O–H groups in total. The summed E-state index contributed by atoms with van der Waals surface area (Å²) < 4.78 is 12.7. The van der Waals surface area contributed by atoms with E-state index in [9.17, 15) is 4.79 Å². The molecular formula is C23H36BNO4. The van der Waals surface area contributed by atoms with Crippen molar-refractivity contribution in [3.63, 3.8) is 0 Å². The number of piperidine rings is 1. The van der Waals surface area contributed by atoms with E-state index in [2.05, 4.69) is 57.7 Å². The maximum absolute atomic E-state index is 10.7. The summed E-state index contributed by atoms with van der Waals surface area (Å²) in [5.74, 6) is -0.157. The number of hydrogen-bond acceptors (Lipinski definition) is 4. The van der Waals surface area contributed by atoms with Gasteiger partial charge in [-0.15, -0.1) is 0 Å². The number of hydrogen-bond donors (Lipinski definition) is 1. The highest BCUT2D eigenvalue weighted by Crippen LogP contribution is 2.37. The summed E-state index contributed by atoms with van der Waals surface area (Å²) in [6.45, 7) is 13.6. The molecule has 0 unspecified atom stereocenters. The van der Waals surface area contributed by atoms with E-state index in [1.165, 1.54) is 16.6 Å². The topological polar surface area (TPSA) is 59.0 Å². The van der Waals surface area contributed by atoms with Gasteiger partial charge in [0.05, 0.1) is 11.2 Å². The number of carboxylic acids is 1. The number of likely N-dealkylation sites (tertiary alicyclic amines) is 1. The van der Waals surface area contributed by atoms with Gasteiger partial charge in [0.25, 0.3) is 0 Å². The fourth-order valence-electron chi connectivity index (χ4n) is 4.53. The summed E-state index contributed by atoms with van der Waals surface area (Å²) in [5, 5.41) is 8.83. The second-order valence-corrected chi connectivity index (χ2v) is 9.47. The Morgan fingerprint density at radius 3 is 2.34 bits per heavy atom. The minimum absolute atomic E-state index is 0.260. The molecule has 0 aliphatic carbocycles. The molecule has 0 atom stereocenters. The van der Waals surface area contributed by atoms with Crippen molar-refractivity contribution in [2.24, 2.45) is 0 Å². The average Bonchev–Trinajstić information content (AvgIpc) is 2.88. The lowest BCUT2D eigenvalue weighted by molar-refractivity contribution is -0.137. The zero-order valence-electron chi connectivity index (χ0n) is 18.7. The standard InChI is InChI=1S/C23H36BNO4/c1-6-18-19(17-12-15-25(16-13-17)14-8-11-21(26)27)9-7-10-20(18)24-28-22(2,3)23(4,5)29-24/h7,9-10,17H,6,8,11-16H2,1-5H3,(H,26,27). The number of carboxylic acid groups (broad SMARTS) is 1. The molecule has 0 bridgehead atoms. The van der Waals surface area contributed by atoms with Gasteiger partial charge in [0.1, 0.15) is 0 Å². The van der Waals surface area contributed by atoms with Crippen LogP contribution in [0.1, 0.15) is 77.3 Å². The van der Waals surface area contributed by atoms with E-state index in [1.807, 2.05) is 0 Å². The summed E-state index contributed by atoms with van der Waals surface area (Å²) in [4.78, 5) is 13.1. The third-order valence-corrected chi connectivity index (χ3v) is 7.00. The van der Waals surface area contributed by atoms with Crippen LogP contribution in [0.15, 0.2) is 18.2 Å². The highest BCUT2D eigenvalue weighted by Gasteiger charge is 2.52. The van der Waals surface area contributed by atoms with Crippen molar-refractivity contribution < 1.29 is 19.2 Å². The van der Waals surface area contributed by atoms with Gasteiger partial charge in [-0.1, -0.05) is 25.1 Å². The van der Waals surface area contributed by atoms with Gasteiger partial charge in [-0.05, 0) is 95.5 Å². The quantitative estimate of drug-likeness (QED) is 0.708. The smallest absolute Gasteiger partial charge is 0.481 e. The van der Waals surface area contributed by atoms with Crippen LogP contribution >= 0.6 is 0 Å². The predicted octanol–water partition coefficient (Wildman–Crippen LogP) is 3.59. The molecule has 1 aromatic rings. The van der Waals surface area contributed by atoms with Crippen LogP contribution in [-0.2, 0) is 20.5 Å². The van der Waals surface area contributed by atoms with Gasteiger partial charge in [-0.2, -0.15) is 0 Å². The van der Waals surface area contributed by atoms with Crippen molar-refractivity contribution in [3.8, 4) is 0 Å². The molecule has 2 fully saturated rings. The molecule has 0 aromatic heterocycles. The lowest BCUT2D eigenvalue weighted by Crippen LogP contribution is -2.41. The van der Waals surface area contributed by atoms with E-state index in [0.29, 0.717) is 5.92 Å². The summed E-state index contributed by atoms with van der Waals surface area (Å²) in [6, 6.07) is 6.58. The van der Waals surface area contributed by atoms with Crippen molar-refractivity contribution >= 4 is 18.6 Å². The maximum atomic E-state index is 10.7. The molecule has 2 aliphatic rings.